The zero-order valence-electron chi connectivity index (χ0n) is 11.0. The number of thioether (sulfide) groups is 1. The van der Waals surface area contributed by atoms with Crippen molar-refractivity contribution in [3.8, 4) is 0 Å². The minimum Gasteiger partial charge on any atom is -0.298 e. The molecule has 0 spiro atoms. The quantitative estimate of drug-likeness (QED) is 0.702. The molecule has 0 N–H and O–H groups in total. The predicted molar refractivity (Wildman–Crippen MR) is 87.1 cm³/mol. The van der Waals surface area contributed by atoms with Gasteiger partial charge in [-0.3, -0.25) is 4.79 Å². The van der Waals surface area contributed by atoms with E-state index in [0.29, 0.717) is 22.2 Å². The van der Waals surface area contributed by atoms with Gasteiger partial charge in [-0.25, -0.2) is 0 Å². The van der Waals surface area contributed by atoms with E-state index in [1.807, 2.05) is 31.2 Å². The lowest BCUT2D eigenvalue weighted by Gasteiger charge is -2.05. The molecule has 0 bridgehead atoms. The topological polar surface area (TPSA) is 17.1 Å². The van der Waals surface area contributed by atoms with Gasteiger partial charge < -0.3 is 0 Å². The molecule has 0 unspecified atom stereocenters. The lowest BCUT2D eigenvalue weighted by molar-refractivity contribution is -0.116. The Hall–Kier alpha value is -0.960. The van der Waals surface area contributed by atoms with Gasteiger partial charge in [-0.15, -0.1) is 11.8 Å². The van der Waals surface area contributed by atoms with Gasteiger partial charge in [0.2, 0.25) is 0 Å². The van der Waals surface area contributed by atoms with E-state index in [2.05, 4.69) is 0 Å². The SMILES string of the molecule is Cc1ccc(SCC(=O)Cc2ccc(Cl)cc2Cl)cc1. The van der Waals surface area contributed by atoms with Crippen LogP contribution >= 0.6 is 35.0 Å². The molecule has 4 heteroatoms. The van der Waals surface area contributed by atoms with Gasteiger partial charge in [0.25, 0.3) is 0 Å². The number of rotatable bonds is 5. The second-order valence-electron chi connectivity index (χ2n) is 4.55. The van der Waals surface area contributed by atoms with Crippen LogP contribution in [0.3, 0.4) is 0 Å². The third kappa shape index (κ3) is 4.55. The molecule has 1 nitrogen and oxygen atoms in total. The highest BCUT2D eigenvalue weighted by Gasteiger charge is 2.08. The van der Waals surface area contributed by atoms with Crippen molar-refractivity contribution in [3.63, 3.8) is 0 Å². The Kier molecular flexibility index (Phi) is 5.53. The van der Waals surface area contributed by atoms with Gasteiger partial charge in [0.1, 0.15) is 5.78 Å². The smallest absolute Gasteiger partial charge is 0.147 e. The lowest BCUT2D eigenvalue weighted by Crippen LogP contribution is -2.06. The fraction of sp³-hybridized carbons (Fsp3) is 0.188. The molecule has 2 rings (SSSR count). The third-order valence-electron chi connectivity index (χ3n) is 2.82. The highest BCUT2D eigenvalue weighted by Crippen LogP contribution is 2.23. The molecule has 20 heavy (non-hydrogen) atoms. The maximum atomic E-state index is 12.0. The van der Waals surface area contributed by atoms with Crippen LogP contribution in [0.5, 0.6) is 0 Å². The van der Waals surface area contributed by atoms with Crippen molar-refractivity contribution in [2.75, 3.05) is 5.75 Å². The molecule has 0 radical (unpaired) electrons. The summed E-state index contributed by atoms with van der Waals surface area (Å²) in [5.74, 6) is 0.599. The molecule has 104 valence electrons. The fourth-order valence-corrected chi connectivity index (χ4v) is 2.96. The van der Waals surface area contributed by atoms with Gasteiger partial charge in [0.05, 0.1) is 5.75 Å². The zero-order valence-corrected chi connectivity index (χ0v) is 13.4. The molecule has 0 aliphatic heterocycles. The minimum atomic E-state index is 0.153. The van der Waals surface area contributed by atoms with Crippen molar-refractivity contribution in [3.05, 3.63) is 63.6 Å². The van der Waals surface area contributed by atoms with E-state index in [9.17, 15) is 4.79 Å². The third-order valence-corrected chi connectivity index (χ3v) is 4.48. The van der Waals surface area contributed by atoms with Crippen LogP contribution < -0.4 is 0 Å². The highest BCUT2D eigenvalue weighted by molar-refractivity contribution is 8.00. The highest BCUT2D eigenvalue weighted by atomic mass is 35.5. The molecule has 2 aromatic rings. The van der Waals surface area contributed by atoms with Crippen LogP contribution in [0.4, 0.5) is 0 Å². The Morgan fingerprint density at radius 1 is 1.10 bits per heavy atom. The number of halogens is 2. The maximum absolute atomic E-state index is 12.0. The van der Waals surface area contributed by atoms with E-state index < -0.39 is 0 Å². The number of hydrogen-bond acceptors (Lipinski definition) is 2. The Balaban J connectivity index is 1.90. The number of carbonyl (C=O) groups excluding carboxylic acids is 1. The number of ketones is 1. The summed E-state index contributed by atoms with van der Waals surface area (Å²) in [6, 6.07) is 13.4. The van der Waals surface area contributed by atoms with Crippen LogP contribution in [0.15, 0.2) is 47.4 Å². The molecule has 0 fully saturated rings. The molecule has 0 aromatic heterocycles. The largest absolute Gasteiger partial charge is 0.298 e. The Morgan fingerprint density at radius 3 is 2.45 bits per heavy atom. The van der Waals surface area contributed by atoms with E-state index in [-0.39, 0.29) is 5.78 Å². The summed E-state index contributed by atoms with van der Waals surface area (Å²) in [5, 5.41) is 1.13. The zero-order chi connectivity index (χ0) is 14.5. The van der Waals surface area contributed by atoms with Crippen LogP contribution in [0.25, 0.3) is 0 Å². The van der Waals surface area contributed by atoms with Crippen molar-refractivity contribution >= 4 is 40.7 Å². The van der Waals surface area contributed by atoms with Crippen molar-refractivity contribution in [2.24, 2.45) is 0 Å². The summed E-state index contributed by atoms with van der Waals surface area (Å²) in [7, 11) is 0. The molecule has 2 aromatic carbocycles. The Labute approximate surface area is 133 Å². The first kappa shape index (κ1) is 15.4. The van der Waals surface area contributed by atoms with Crippen LogP contribution in [-0.2, 0) is 11.2 Å². The van der Waals surface area contributed by atoms with Crippen molar-refractivity contribution in [1.29, 1.82) is 0 Å². The van der Waals surface area contributed by atoms with E-state index in [4.69, 9.17) is 23.2 Å². The van der Waals surface area contributed by atoms with E-state index >= 15 is 0 Å². The van der Waals surface area contributed by atoms with Crippen molar-refractivity contribution < 1.29 is 4.79 Å². The molecular formula is C16H14Cl2OS. The summed E-state index contributed by atoms with van der Waals surface area (Å²) >= 11 is 13.4. The monoisotopic (exact) mass is 324 g/mol. The second-order valence-corrected chi connectivity index (χ2v) is 6.45. The summed E-state index contributed by atoms with van der Waals surface area (Å²) < 4.78 is 0. The maximum Gasteiger partial charge on any atom is 0.147 e. The minimum absolute atomic E-state index is 0.153. The number of benzene rings is 2. The van der Waals surface area contributed by atoms with Crippen LogP contribution in [0.1, 0.15) is 11.1 Å². The van der Waals surface area contributed by atoms with Crippen LogP contribution in [0, 0.1) is 6.92 Å². The number of Topliss-reactive ketones (excluding diaryl/α,β-unsaturated/α-hetero) is 1. The molecule has 0 amide bonds. The van der Waals surface area contributed by atoms with Crippen LogP contribution in [0.2, 0.25) is 10.0 Å². The van der Waals surface area contributed by atoms with Gasteiger partial charge in [-0.2, -0.15) is 0 Å². The Bertz CT molecular complexity index is 608. The number of carbonyl (C=O) groups is 1. The van der Waals surface area contributed by atoms with Gasteiger partial charge in [-0.05, 0) is 36.8 Å². The summed E-state index contributed by atoms with van der Waals surface area (Å²) in [6.45, 7) is 2.04. The summed E-state index contributed by atoms with van der Waals surface area (Å²) in [4.78, 5) is 13.1. The van der Waals surface area contributed by atoms with Gasteiger partial charge >= 0.3 is 0 Å². The first-order valence-electron chi connectivity index (χ1n) is 6.19. The summed E-state index contributed by atoms with van der Waals surface area (Å²) in [5.41, 5.74) is 2.04. The first-order valence-corrected chi connectivity index (χ1v) is 7.94. The predicted octanol–water partition coefficient (Wildman–Crippen LogP) is 5.21. The molecule has 0 aliphatic carbocycles. The molecular weight excluding hydrogens is 311 g/mol. The lowest BCUT2D eigenvalue weighted by atomic mass is 10.1. The van der Waals surface area contributed by atoms with Gasteiger partial charge in [0.15, 0.2) is 0 Å². The molecule has 0 saturated heterocycles. The van der Waals surface area contributed by atoms with E-state index in [1.54, 1.807) is 30.0 Å². The second kappa shape index (κ2) is 7.16. The average Bonchev–Trinajstić information content (AvgIpc) is 2.41. The number of hydrogen-bond donors (Lipinski definition) is 0. The van der Waals surface area contributed by atoms with E-state index in [1.165, 1.54) is 5.56 Å². The summed E-state index contributed by atoms with van der Waals surface area (Å²) in [6.07, 6.45) is 0.342. The molecule has 0 heterocycles. The van der Waals surface area contributed by atoms with Crippen molar-refractivity contribution in [1.82, 2.24) is 0 Å². The Morgan fingerprint density at radius 2 is 1.80 bits per heavy atom. The molecule has 0 aliphatic rings. The fourth-order valence-electron chi connectivity index (χ4n) is 1.73. The van der Waals surface area contributed by atoms with Crippen LogP contribution in [-0.4, -0.2) is 11.5 Å². The van der Waals surface area contributed by atoms with Gasteiger partial charge in [-0.1, -0.05) is 47.0 Å². The number of aryl methyl sites for hydroxylation is 1. The normalized spacial score (nSPS) is 10.6. The molecule has 0 atom stereocenters. The standard InChI is InChI=1S/C16H14Cl2OS/c1-11-2-6-15(7-3-11)20-10-14(19)8-12-4-5-13(17)9-16(12)18/h2-7,9H,8,10H2,1H3. The molecule has 0 saturated carbocycles. The first-order chi connectivity index (χ1) is 9.54. The average molecular weight is 325 g/mol. The van der Waals surface area contributed by atoms with Crippen molar-refractivity contribution in [2.45, 2.75) is 18.2 Å². The van der Waals surface area contributed by atoms with E-state index in [0.717, 1.165) is 10.5 Å². The van der Waals surface area contributed by atoms with Gasteiger partial charge in [0, 0.05) is 21.4 Å².